The standard InChI is InChI=1S/C14H16BrN3O3/c1-7-5-9(15)6-18-10(8(2)16-11(7)18)12(19)17-14(3,4)13(20)21/h5-6H,1-4H3,(H,17,19)(H,20,21). The average Bonchev–Trinajstić information content (AvgIpc) is 2.65. The Morgan fingerprint density at radius 2 is 2.00 bits per heavy atom. The molecule has 6 nitrogen and oxygen atoms in total. The Labute approximate surface area is 130 Å². The number of aryl methyl sites for hydroxylation is 2. The molecule has 2 rings (SSSR count). The van der Waals surface area contributed by atoms with Gasteiger partial charge in [-0.25, -0.2) is 9.78 Å². The molecule has 0 atom stereocenters. The van der Waals surface area contributed by atoms with Crippen molar-refractivity contribution in [1.82, 2.24) is 14.7 Å². The van der Waals surface area contributed by atoms with Gasteiger partial charge in [0.25, 0.3) is 5.91 Å². The first-order valence-electron chi connectivity index (χ1n) is 6.34. The number of hydrogen-bond donors (Lipinski definition) is 2. The Morgan fingerprint density at radius 3 is 2.57 bits per heavy atom. The second kappa shape index (κ2) is 5.14. The minimum absolute atomic E-state index is 0.337. The van der Waals surface area contributed by atoms with Crippen molar-refractivity contribution < 1.29 is 14.7 Å². The predicted octanol–water partition coefficient (Wildman–Crippen LogP) is 2.31. The van der Waals surface area contributed by atoms with Gasteiger partial charge in [0, 0.05) is 10.7 Å². The summed E-state index contributed by atoms with van der Waals surface area (Å²) in [6, 6.07) is 1.91. The molecule has 0 saturated heterocycles. The molecule has 0 unspecified atom stereocenters. The predicted molar refractivity (Wildman–Crippen MR) is 81.5 cm³/mol. The number of carbonyl (C=O) groups excluding carboxylic acids is 1. The molecule has 2 heterocycles. The maximum atomic E-state index is 12.4. The Balaban J connectivity index is 2.54. The lowest BCUT2D eigenvalue weighted by molar-refractivity contribution is -0.143. The van der Waals surface area contributed by atoms with Gasteiger partial charge in [-0.15, -0.1) is 0 Å². The van der Waals surface area contributed by atoms with E-state index in [1.807, 2.05) is 13.0 Å². The number of rotatable bonds is 3. The van der Waals surface area contributed by atoms with E-state index in [-0.39, 0.29) is 0 Å². The van der Waals surface area contributed by atoms with Crippen LogP contribution in [0, 0.1) is 13.8 Å². The van der Waals surface area contributed by atoms with Gasteiger partial charge in [-0.3, -0.25) is 9.20 Å². The number of halogens is 1. The van der Waals surface area contributed by atoms with Crippen LogP contribution in [0.5, 0.6) is 0 Å². The fourth-order valence-corrected chi connectivity index (χ4v) is 2.60. The van der Waals surface area contributed by atoms with Crippen molar-refractivity contribution in [2.75, 3.05) is 0 Å². The van der Waals surface area contributed by atoms with Crippen molar-refractivity contribution >= 4 is 33.5 Å². The summed E-state index contributed by atoms with van der Waals surface area (Å²) in [4.78, 5) is 28.0. The van der Waals surface area contributed by atoms with Gasteiger partial charge in [0.15, 0.2) is 0 Å². The monoisotopic (exact) mass is 353 g/mol. The molecule has 112 valence electrons. The number of carboxylic acid groups (broad SMARTS) is 1. The molecule has 0 aliphatic carbocycles. The quantitative estimate of drug-likeness (QED) is 0.886. The number of amides is 1. The number of pyridine rings is 1. The highest BCUT2D eigenvalue weighted by molar-refractivity contribution is 9.10. The summed E-state index contributed by atoms with van der Waals surface area (Å²) < 4.78 is 2.48. The summed E-state index contributed by atoms with van der Waals surface area (Å²) in [5.74, 6) is -1.57. The van der Waals surface area contributed by atoms with Crippen LogP contribution in [-0.4, -0.2) is 31.9 Å². The van der Waals surface area contributed by atoms with E-state index in [1.165, 1.54) is 13.8 Å². The zero-order valence-corrected chi connectivity index (χ0v) is 13.8. The Bertz CT molecular complexity index is 749. The first kappa shape index (κ1) is 15.5. The maximum absolute atomic E-state index is 12.4. The number of aliphatic carboxylic acids is 1. The van der Waals surface area contributed by atoms with Crippen LogP contribution in [0.1, 0.15) is 35.6 Å². The number of imidazole rings is 1. The second-order valence-electron chi connectivity index (χ2n) is 5.47. The number of fused-ring (bicyclic) bond motifs is 1. The minimum atomic E-state index is -1.35. The van der Waals surface area contributed by atoms with Gasteiger partial charge in [-0.05, 0) is 55.3 Å². The molecule has 1 amide bonds. The lowest BCUT2D eigenvalue weighted by atomic mass is 10.1. The van der Waals surface area contributed by atoms with Crippen LogP contribution in [0.15, 0.2) is 16.7 Å². The minimum Gasteiger partial charge on any atom is -0.480 e. The topological polar surface area (TPSA) is 83.7 Å². The highest BCUT2D eigenvalue weighted by Gasteiger charge is 2.31. The molecular weight excluding hydrogens is 338 g/mol. The van der Waals surface area contributed by atoms with E-state index in [0.717, 1.165) is 10.0 Å². The van der Waals surface area contributed by atoms with Crippen molar-refractivity contribution in [1.29, 1.82) is 0 Å². The van der Waals surface area contributed by atoms with Gasteiger partial charge in [0.05, 0.1) is 5.69 Å². The largest absolute Gasteiger partial charge is 0.480 e. The smallest absolute Gasteiger partial charge is 0.328 e. The first-order chi connectivity index (χ1) is 9.63. The van der Waals surface area contributed by atoms with Crippen LogP contribution in [0.2, 0.25) is 0 Å². The lowest BCUT2D eigenvalue weighted by Gasteiger charge is -2.21. The number of nitrogens with zero attached hydrogens (tertiary/aromatic N) is 2. The number of carboxylic acids is 1. The summed E-state index contributed by atoms with van der Waals surface area (Å²) in [6.45, 7) is 6.50. The van der Waals surface area contributed by atoms with E-state index in [1.54, 1.807) is 17.5 Å². The Morgan fingerprint density at radius 1 is 1.38 bits per heavy atom. The maximum Gasteiger partial charge on any atom is 0.328 e. The van der Waals surface area contributed by atoms with Crippen LogP contribution in [-0.2, 0) is 4.79 Å². The van der Waals surface area contributed by atoms with Crippen LogP contribution in [0.3, 0.4) is 0 Å². The van der Waals surface area contributed by atoms with Crippen molar-refractivity contribution in [2.45, 2.75) is 33.2 Å². The molecule has 2 aromatic rings. The Kier molecular flexibility index (Phi) is 3.79. The molecular formula is C14H16BrN3O3. The van der Waals surface area contributed by atoms with Crippen LogP contribution in [0.25, 0.3) is 5.65 Å². The van der Waals surface area contributed by atoms with Crippen molar-refractivity contribution in [3.63, 3.8) is 0 Å². The molecule has 0 aliphatic heterocycles. The normalized spacial score (nSPS) is 11.7. The summed E-state index contributed by atoms with van der Waals surface area (Å²) >= 11 is 3.39. The van der Waals surface area contributed by atoms with E-state index < -0.39 is 17.4 Å². The van der Waals surface area contributed by atoms with E-state index >= 15 is 0 Å². The summed E-state index contributed by atoms with van der Waals surface area (Å²) in [5, 5.41) is 11.6. The fourth-order valence-electron chi connectivity index (χ4n) is 2.05. The third kappa shape index (κ3) is 2.78. The van der Waals surface area contributed by atoms with Crippen LogP contribution >= 0.6 is 15.9 Å². The molecule has 21 heavy (non-hydrogen) atoms. The lowest BCUT2D eigenvalue weighted by Crippen LogP contribution is -2.50. The van der Waals surface area contributed by atoms with Gasteiger partial charge in [-0.1, -0.05) is 0 Å². The van der Waals surface area contributed by atoms with Crippen LogP contribution in [0.4, 0.5) is 0 Å². The van der Waals surface area contributed by atoms with Gasteiger partial charge in [0.2, 0.25) is 0 Å². The molecule has 0 fully saturated rings. The van der Waals surface area contributed by atoms with Crippen LogP contribution < -0.4 is 5.32 Å². The number of nitrogens with one attached hydrogen (secondary N) is 1. The van der Waals surface area contributed by atoms with E-state index in [9.17, 15) is 9.59 Å². The molecule has 0 bridgehead atoms. The summed E-state index contributed by atoms with van der Waals surface area (Å²) in [6.07, 6.45) is 1.74. The molecule has 7 heteroatoms. The molecule has 2 aromatic heterocycles. The summed E-state index contributed by atoms with van der Waals surface area (Å²) in [7, 11) is 0. The van der Waals surface area contributed by atoms with E-state index in [4.69, 9.17) is 5.11 Å². The molecule has 0 radical (unpaired) electrons. The molecule has 0 aliphatic rings. The SMILES string of the molecule is Cc1nc2c(C)cc(Br)cn2c1C(=O)NC(C)(C)C(=O)O. The summed E-state index contributed by atoms with van der Waals surface area (Å²) in [5.41, 5.74) is 1.13. The van der Waals surface area contributed by atoms with Gasteiger partial charge >= 0.3 is 5.97 Å². The molecule has 0 spiro atoms. The average molecular weight is 354 g/mol. The fraction of sp³-hybridized carbons (Fsp3) is 0.357. The zero-order valence-electron chi connectivity index (χ0n) is 12.2. The van der Waals surface area contributed by atoms with Gasteiger partial charge in [0.1, 0.15) is 16.9 Å². The molecule has 2 N–H and O–H groups in total. The number of aromatic nitrogens is 2. The number of hydrogen-bond acceptors (Lipinski definition) is 3. The second-order valence-corrected chi connectivity index (χ2v) is 6.38. The number of carbonyl (C=O) groups is 2. The molecule has 0 saturated carbocycles. The Hall–Kier alpha value is -1.89. The zero-order chi connectivity index (χ0) is 15.9. The third-order valence-electron chi connectivity index (χ3n) is 3.22. The highest BCUT2D eigenvalue weighted by Crippen LogP contribution is 2.21. The van der Waals surface area contributed by atoms with Gasteiger partial charge < -0.3 is 10.4 Å². The van der Waals surface area contributed by atoms with E-state index in [2.05, 4.69) is 26.2 Å². The van der Waals surface area contributed by atoms with Crippen molar-refractivity contribution in [3.8, 4) is 0 Å². The van der Waals surface area contributed by atoms with Crippen molar-refractivity contribution in [2.24, 2.45) is 0 Å². The highest BCUT2D eigenvalue weighted by atomic mass is 79.9. The first-order valence-corrected chi connectivity index (χ1v) is 7.13. The van der Waals surface area contributed by atoms with E-state index in [0.29, 0.717) is 17.0 Å². The third-order valence-corrected chi connectivity index (χ3v) is 3.65. The molecule has 0 aromatic carbocycles. The van der Waals surface area contributed by atoms with Gasteiger partial charge in [-0.2, -0.15) is 0 Å². The van der Waals surface area contributed by atoms with Crippen molar-refractivity contribution in [3.05, 3.63) is 33.7 Å².